The van der Waals surface area contributed by atoms with Gasteiger partial charge < -0.3 is 13.9 Å². The number of ketones is 1. The average Bonchev–Trinajstić information content (AvgIpc) is 2.94. The van der Waals surface area contributed by atoms with Gasteiger partial charge in [-0.1, -0.05) is 0 Å². The number of ether oxygens (including phenoxy) is 2. The molecule has 1 N–H and O–H groups in total. The number of rotatable bonds is 6. The lowest BCUT2D eigenvalue weighted by Gasteiger charge is -2.15. The minimum atomic E-state index is -4.08. The summed E-state index contributed by atoms with van der Waals surface area (Å²) < 4.78 is 44.7. The van der Waals surface area contributed by atoms with E-state index in [1.54, 1.807) is 0 Å². The van der Waals surface area contributed by atoms with E-state index in [2.05, 4.69) is 4.72 Å². The maximum atomic E-state index is 12.8. The van der Waals surface area contributed by atoms with E-state index in [0.717, 1.165) is 0 Å². The monoisotopic (exact) mass is 406 g/mol. The number of carbonyl (C=O) groups is 1. The summed E-state index contributed by atoms with van der Waals surface area (Å²) in [6.07, 6.45) is 0. The Morgan fingerprint density at radius 1 is 1.11 bits per heavy atom. The lowest BCUT2D eigenvalue weighted by molar-refractivity contribution is 0.101. The molecular formula is C18H18N2O7S. The first kappa shape index (κ1) is 19.5. The van der Waals surface area contributed by atoms with Gasteiger partial charge in [-0.2, -0.15) is 0 Å². The molecule has 0 aliphatic rings. The number of nitrogens with zero attached hydrogens (tertiary/aromatic N) is 1. The molecule has 0 aliphatic carbocycles. The van der Waals surface area contributed by atoms with Gasteiger partial charge in [0.2, 0.25) is 0 Å². The molecule has 28 heavy (non-hydrogen) atoms. The molecule has 0 spiro atoms. The second-order valence-corrected chi connectivity index (χ2v) is 7.65. The van der Waals surface area contributed by atoms with E-state index in [1.807, 2.05) is 0 Å². The minimum Gasteiger partial charge on any atom is -0.493 e. The molecule has 0 saturated heterocycles. The number of nitrogens with one attached hydrogen (secondary N) is 1. The number of carbonyl (C=O) groups excluding carboxylic acids is 1. The van der Waals surface area contributed by atoms with Gasteiger partial charge in [0.25, 0.3) is 10.0 Å². The van der Waals surface area contributed by atoms with Crippen molar-refractivity contribution in [2.45, 2.75) is 11.8 Å². The normalized spacial score (nSPS) is 11.4. The van der Waals surface area contributed by atoms with E-state index in [4.69, 9.17) is 13.9 Å². The van der Waals surface area contributed by atoms with Crippen molar-refractivity contribution in [1.29, 1.82) is 0 Å². The summed E-state index contributed by atoms with van der Waals surface area (Å²) in [6, 6.07) is 6.82. The number of hydrogen-bond acceptors (Lipinski definition) is 7. The topological polar surface area (TPSA) is 117 Å². The highest BCUT2D eigenvalue weighted by molar-refractivity contribution is 7.92. The molecule has 0 bridgehead atoms. The second kappa shape index (κ2) is 7.04. The van der Waals surface area contributed by atoms with E-state index in [0.29, 0.717) is 11.3 Å². The molecule has 0 amide bonds. The number of anilines is 1. The van der Waals surface area contributed by atoms with E-state index in [1.165, 1.54) is 63.1 Å². The highest BCUT2D eigenvalue weighted by Gasteiger charge is 2.21. The number of Topliss-reactive ketones (excluding diaryl/α,β-unsaturated/α-hetero) is 1. The Morgan fingerprint density at radius 3 is 2.36 bits per heavy atom. The molecule has 0 saturated carbocycles. The lowest BCUT2D eigenvalue weighted by Crippen LogP contribution is -2.15. The fourth-order valence-electron chi connectivity index (χ4n) is 2.74. The van der Waals surface area contributed by atoms with E-state index in [-0.39, 0.29) is 33.3 Å². The lowest BCUT2D eigenvalue weighted by atomic mass is 10.1. The maximum absolute atomic E-state index is 12.8. The Morgan fingerprint density at radius 2 is 1.75 bits per heavy atom. The van der Waals surface area contributed by atoms with Gasteiger partial charge in [-0.05, 0) is 25.1 Å². The minimum absolute atomic E-state index is 0.0414. The molecule has 9 nitrogen and oxygen atoms in total. The number of benzene rings is 2. The van der Waals surface area contributed by atoms with Crippen LogP contribution in [0.2, 0.25) is 0 Å². The standard InChI is InChI=1S/C18H18N2O7S/c1-10(21)12-8-16(25-3)17(26-4)9-13(12)19-28(23,24)11-5-6-14-15(7-11)27-18(22)20(14)2/h5-9,19H,1-4H3. The first-order valence-corrected chi connectivity index (χ1v) is 9.55. The fourth-order valence-corrected chi connectivity index (χ4v) is 3.83. The Balaban J connectivity index is 2.09. The van der Waals surface area contributed by atoms with Gasteiger partial charge in [-0.25, -0.2) is 13.2 Å². The van der Waals surface area contributed by atoms with Crippen molar-refractivity contribution in [3.8, 4) is 11.5 Å². The van der Waals surface area contributed by atoms with Gasteiger partial charge in [-0.15, -0.1) is 0 Å². The summed E-state index contributed by atoms with van der Waals surface area (Å²) >= 11 is 0. The highest BCUT2D eigenvalue weighted by Crippen LogP contribution is 2.34. The molecule has 3 rings (SSSR count). The number of sulfonamides is 1. The maximum Gasteiger partial charge on any atom is 0.419 e. The van der Waals surface area contributed by atoms with Crippen LogP contribution in [0.25, 0.3) is 11.1 Å². The average molecular weight is 406 g/mol. The van der Waals surface area contributed by atoms with Crippen LogP contribution in [-0.2, 0) is 17.1 Å². The summed E-state index contributed by atoms with van der Waals surface area (Å²) in [6.45, 7) is 1.31. The highest BCUT2D eigenvalue weighted by atomic mass is 32.2. The van der Waals surface area contributed by atoms with Gasteiger partial charge in [-0.3, -0.25) is 14.1 Å². The fraction of sp³-hybridized carbons (Fsp3) is 0.222. The zero-order valence-corrected chi connectivity index (χ0v) is 16.4. The molecule has 148 valence electrons. The summed E-state index contributed by atoms with van der Waals surface area (Å²) in [5.41, 5.74) is 0.752. The summed E-state index contributed by atoms with van der Waals surface area (Å²) in [7, 11) is 0.247. The van der Waals surface area contributed by atoms with Gasteiger partial charge in [0.15, 0.2) is 22.9 Å². The molecule has 2 aromatic carbocycles. The predicted octanol–water partition coefficient (Wildman–Crippen LogP) is 2.15. The van der Waals surface area contributed by atoms with Crippen LogP contribution in [0.15, 0.2) is 44.4 Å². The van der Waals surface area contributed by atoms with Crippen LogP contribution in [0.5, 0.6) is 11.5 Å². The Bertz CT molecular complexity index is 1240. The molecular weight excluding hydrogens is 388 g/mol. The van der Waals surface area contributed by atoms with E-state index in [9.17, 15) is 18.0 Å². The number of oxazole rings is 1. The summed E-state index contributed by atoms with van der Waals surface area (Å²) in [5.74, 6) is -0.405. The van der Waals surface area contributed by atoms with Crippen LogP contribution in [0, 0.1) is 0 Å². The van der Waals surface area contributed by atoms with Crippen LogP contribution >= 0.6 is 0 Å². The van der Waals surface area contributed by atoms with E-state index >= 15 is 0 Å². The number of fused-ring (bicyclic) bond motifs is 1. The smallest absolute Gasteiger partial charge is 0.419 e. The van der Waals surface area contributed by atoms with Gasteiger partial charge in [0.05, 0.1) is 30.3 Å². The molecule has 0 unspecified atom stereocenters. The van der Waals surface area contributed by atoms with Crippen molar-refractivity contribution in [2.75, 3.05) is 18.9 Å². The van der Waals surface area contributed by atoms with Crippen molar-refractivity contribution in [1.82, 2.24) is 4.57 Å². The predicted molar refractivity (Wildman–Crippen MR) is 102 cm³/mol. The molecule has 0 aliphatic heterocycles. The first-order valence-electron chi connectivity index (χ1n) is 8.07. The summed E-state index contributed by atoms with van der Waals surface area (Å²) in [4.78, 5) is 23.5. The first-order chi connectivity index (χ1) is 13.2. The van der Waals surface area contributed by atoms with Gasteiger partial charge >= 0.3 is 5.76 Å². The summed E-state index contributed by atoms with van der Waals surface area (Å²) in [5, 5.41) is 0. The van der Waals surface area contributed by atoms with Crippen molar-refractivity contribution in [3.63, 3.8) is 0 Å². The zero-order valence-electron chi connectivity index (χ0n) is 15.6. The zero-order chi connectivity index (χ0) is 20.6. The van der Waals surface area contributed by atoms with Gasteiger partial charge in [0, 0.05) is 24.7 Å². The van der Waals surface area contributed by atoms with Crippen molar-refractivity contribution in [2.24, 2.45) is 7.05 Å². The molecule has 1 heterocycles. The number of aromatic nitrogens is 1. The van der Waals surface area contributed by atoms with Crippen LogP contribution in [0.3, 0.4) is 0 Å². The van der Waals surface area contributed by atoms with Crippen LogP contribution in [0.4, 0.5) is 5.69 Å². The van der Waals surface area contributed by atoms with E-state index < -0.39 is 15.8 Å². The molecule has 0 fully saturated rings. The SMILES string of the molecule is COc1cc(NS(=O)(=O)c2ccc3c(c2)oc(=O)n3C)c(C(C)=O)cc1OC. The van der Waals surface area contributed by atoms with Crippen LogP contribution in [0.1, 0.15) is 17.3 Å². The third kappa shape index (κ3) is 3.33. The Kier molecular flexibility index (Phi) is 4.90. The third-order valence-corrected chi connectivity index (χ3v) is 5.58. The molecule has 1 aromatic heterocycles. The van der Waals surface area contributed by atoms with Crippen molar-refractivity contribution in [3.05, 3.63) is 46.4 Å². The largest absolute Gasteiger partial charge is 0.493 e. The van der Waals surface area contributed by atoms with Crippen molar-refractivity contribution >= 4 is 32.6 Å². The third-order valence-electron chi connectivity index (χ3n) is 4.22. The number of aryl methyl sites for hydroxylation is 1. The van der Waals surface area contributed by atoms with Crippen LogP contribution < -0.4 is 20.0 Å². The Labute approximate surface area is 160 Å². The Hall–Kier alpha value is -3.27. The van der Waals surface area contributed by atoms with Gasteiger partial charge in [0.1, 0.15) is 0 Å². The molecule has 3 aromatic rings. The number of hydrogen-bond donors (Lipinski definition) is 1. The van der Waals surface area contributed by atoms with Crippen LogP contribution in [-0.4, -0.2) is 33.0 Å². The second-order valence-electron chi connectivity index (χ2n) is 5.97. The quantitative estimate of drug-likeness (QED) is 0.623. The number of methoxy groups -OCH3 is 2. The molecule has 0 radical (unpaired) electrons. The van der Waals surface area contributed by atoms with Crippen molar-refractivity contribution < 1.29 is 27.1 Å². The molecule has 0 atom stereocenters. The molecule has 10 heteroatoms.